The third-order valence-corrected chi connectivity index (χ3v) is 6.15. The van der Waals surface area contributed by atoms with Gasteiger partial charge in [-0.1, -0.05) is 0 Å². The van der Waals surface area contributed by atoms with Gasteiger partial charge in [0, 0.05) is 34.0 Å². The monoisotopic (exact) mass is 343 g/mol. The predicted octanol–water partition coefficient (Wildman–Crippen LogP) is 2.25. The lowest BCUT2D eigenvalue weighted by molar-refractivity contribution is 0.583. The van der Waals surface area contributed by atoms with Crippen LogP contribution in [0.25, 0.3) is 0 Å². The zero-order chi connectivity index (χ0) is 15.3. The average molecular weight is 343 g/mol. The lowest BCUT2D eigenvalue weighted by Crippen LogP contribution is -2.26. The van der Waals surface area contributed by atoms with Gasteiger partial charge in [0.1, 0.15) is 0 Å². The Morgan fingerprint density at radius 1 is 1.33 bits per heavy atom. The van der Waals surface area contributed by atoms with E-state index in [0.29, 0.717) is 18.0 Å². The Balaban J connectivity index is 1.77. The van der Waals surface area contributed by atoms with E-state index in [0.717, 1.165) is 14.8 Å². The van der Waals surface area contributed by atoms with E-state index in [2.05, 4.69) is 9.71 Å². The third kappa shape index (κ3) is 5.66. The highest BCUT2D eigenvalue weighted by Crippen LogP contribution is 2.19. The van der Waals surface area contributed by atoms with Crippen LogP contribution in [0.15, 0.2) is 35.4 Å². The SMILES string of the molecule is Cc1ncc(CNS(=O)(=O)CCSc2ccc(N)cc2)s1. The van der Waals surface area contributed by atoms with Crippen LogP contribution in [0.2, 0.25) is 0 Å². The molecule has 0 amide bonds. The second-order valence-corrected chi connectivity index (χ2v) is 8.82. The summed E-state index contributed by atoms with van der Waals surface area (Å²) in [7, 11) is -3.27. The van der Waals surface area contributed by atoms with E-state index in [9.17, 15) is 8.42 Å². The van der Waals surface area contributed by atoms with Crippen LogP contribution in [0.4, 0.5) is 5.69 Å². The quantitative estimate of drug-likeness (QED) is 0.595. The fourth-order valence-corrected chi connectivity index (χ4v) is 4.69. The van der Waals surface area contributed by atoms with Crippen molar-refractivity contribution < 1.29 is 8.42 Å². The number of rotatable bonds is 7. The maximum absolute atomic E-state index is 11.9. The molecule has 0 aliphatic heterocycles. The van der Waals surface area contributed by atoms with Gasteiger partial charge in [-0.15, -0.1) is 23.1 Å². The highest BCUT2D eigenvalue weighted by Gasteiger charge is 2.11. The fraction of sp³-hybridized carbons (Fsp3) is 0.308. The minimum Gasteiger partial charge on any atom is -0.399 e. The van der Waals surface area contributed by atoms with E-state index >= 15 is 0 Å². The van der Waals surface area contributed by atoms with Crippen molar-refractivity contribution in [2.75, 3.05) is 17.2 Å². The van der Waals surface area contributed by atoms with Crippen LogP contribution in [0, 0.1) is 6.92 Å². The Hall–Kier alpha value is -1.09. The zero-order valence-electron chi connectivity index (χ0n) is 11.6. The molecule has 1 aromatic carbocycles. The van der Waals surface area contributed by atoms with E-state index in [1.807, 2.05) is 19.1 Å². The first-order chi connectivity index (χ1) is 9.94. The summed E-state index contributed by atoms with van der Waals surface area (Å²) in [6.45, 7) is 2.20. The molecular formula is C13H17N3O2S3. The topological polar surface area (TPSA) is 85.1 Å². The summed E-state index contributed by atoms with van der Waals surface area (Å²) in [4.78, 5) is 6.03. The summed E-state index contributed by atoms with van der Waals surface area (Å²) in [6, 6.07) is 7.39. The molecule has 0 aliphatic carbocycles. The van der Waals surface area contributed by atoms with Gasteiger partial charge in [-0.25, -0.2) is 18.1 Å². The Labute approximate surface area is 133 Å². The largest absolute Gasteiger partial charge is 0.399 e. The number of sulfonamides is 1. The number of hydrogen-bond acceptors (Lipinski definition) is 6. The number of nitrogens with one attached hydrogen (secondary N) is 1. The molecule has 0 fully saturated rings. The highest BCUT2D eigenvalue weighted by molar-refractivity contribution is 8.00. The van der Waals surface area contributed by atoms with E-state index in [1.165, 1.54) is 23.1 Å². The van der Waals surface area contributed by atoms with E-state index < -0.39 is 10.0 Å². The number of nitrogens with zero attached hydrogens (tertiary/aromatic N) is 1. The normalized spacial score (nSPS) is 11.7. The molecule has 21 heavy (non-hydrogen) atoms. The second-order valence-electron chi connectivity index (χ2n) is 4.40. The molecule has 0 radical (unpaired) electrons. The fourth-order valence-electron chi connectivity index (χ4n) is 1.57. The minimum atomic E-state index is -3.27. The molecule has 0 saturated heterocycles. The summed E-state index contributed by atoms with van der Waals surface area (Å²) in [6.07, 6.45) is 1.70. The number of thioether (sulfide) groups is 1. The van der Waals surface area contributed by atoms with Gasteiger partial charge in [-0.2, -0.15) is 0 Å². The highest BCUT2D eigenvalue weighted by atomic mass is 32.2. The first-order valence-corrected chi connectivity index (χ1v) is 9.77. The molecule has 0 saturated carbocycles. The smallest absolute Gasteiger partial charge is 0.212 e. The molecular weight excluding hydrogens is 326 g/mol. The molecule has 1 heterocycles. The molecule has 0 aliphatic rings. The summed E-state index contributed by atoms with van der Waals surface area (Å²) in [5.74, 6) is 0.584. The summed E-state index contributed by atoms with van der Waals surface area (Å²) in [5, 5.41) is 0.933. The lowest BCUT2D eigenvalue weighted by Gasteiger charge is -2.05. The molecule has 2 aromatic rings. The predicted molar refractivity (Wildman–Crippen MR) is 89.1 cm³/mol. The molecule has 3 N–H and O–H groups in total. The van der Waals surface area contributed by atoms with Crippen molar-refractivity contribution >= 4 is 38.8 Å². The standard InChI is InChI=1S/C13H17N3O2S3/c1-10-15-8-13(20-10)9-16-21(17,18)7-6-19-12-4-2-11(14)3-5-12/h2-5,8,16H,6-7,9,14H2,1H3. The van der Waals surface area contributed by atoms with Crippen molar-refractivity contribution in [2.24, 2.45) is 0 Å². The van der Waals surface area contributed by atoms with Gasteiger partial charge in [0.15, 0.2) is 0 Å². The Kier molecular flexibility index (Phi) is 5.63. The van der Waals surface area contributed by atoms with Crippen LogP contribution in [-0.4, -0.2) is 24.9 Å². The number of aromatic nitrogens is 1. The Morgan fingerprint density at radius 3 is 2.67 bits per heavy atom. The summed E-state index contributed by atoms with van der Waals surface area (Å²) in [5.41, 5.74) is 6.30. The van der Waals surface area contributed by atoms with Gasteiger partial charge in [0.05, 0.1) is 10.8 Å². The van der Waals surface area contributed by atoms with Gasteiger partial charge in [-0.05, 0) is 31.2 Å². The van der Waals surface area contributed by atoms with Crippen LogP contribution in [0.5, 0.6) is 0 Å². The van der Waals surface area contributed by atoms with Gasteiger partial charge in [0.2, 0.25) is 10.0 Å². The molecule has 2 rings (SSSR count). The Morgan fingerprint density at radius 2 is 2.05 bits per heavy atom. The van der Waals surface area contributed by atoms with Crippen molar-refractivity contribution in [1.82, 2.24) is 9.71 Å². The molecule has 5 nitrogen and oxygen atoms in total. The first kappa shape index (κ1) is 16.3. The maximum Gasteiger partial charge on any atom is 0.212 e. The molecule has 0 spiro atoms. The number of nitrogen functional groups attached to an aromatic ring is 1. The van der Waals surface area contributed by atoms with Crippen LogP contribution >= 0.6 is 23.1 Å². The van der Waals surface area contributed by atoms with Gasteiger partial charge >= 0.3 is 0 Å². The maximum atomic E-state index is 11.9. The number of hydrogen-bond donors (Lipinski definition) is 2. The average Bonchev–Trinajstić information content (AvgIpc) is 2.85. The minimum absolute atomic E-state index is 0.0832. The van der Waals surface area contributed by atoms with Crippen molar-refractivity contribution in [3.8, 4) is 0 Å². The number of nitrogens with two attached hydrogens (primary N) is 1. The summed E-state index contributed by atoms with van der Waals surface area (Å²) < 4.78 is 26.4. The zero-order valence-corrected chi connectivity index (χ0v) is 14.0. The van der Waals surface area contributed by atoms with Gasteiger partial charge in [0.25, 0.3) is 0 Å². The lowest BCUT2D eigenvalue weighted by atomic mass is 10.3. The first-order valence-electron chi connectivity index (χ1n) is 6.31. The van der Waals surface area contributed by atoms with Crippen molar-refractivity contribution in [3.63, 3.8) is 0 Å². The van der Waals surface area contributed by atoms with E-state index in [-0.39, 0.29) is 5.75 Å². The molecule has 1 aromatic heterocycles. The van der Waals surface area contributed by atoms with Crippen LogP contribution in [0.1, 0.15) is 9.88 Å². The van der Waals surface area contributed by atoms with Crippen molar-refractivity contribution in [1.29, 1.82) is 0 Å². The number of benzene rings is 1. The van der Waals surface area contributed by atoms with Gasteiger partial charge < -0.3 is 5.73 Å². The number of thiazole rings is 1. The van der Waals surface area contributed by atoms with Crippen molar-refractivity contribution in [2.45, 2.75) is 18.4 Å². The summed E-state index contributed by atoms with van der Waals surface area (Å²) >= 11 is 2.99. The number of aryl methyl sites for hydroxylation is 1. The molecule has 0 atom stereocenters. The molecule has 0 unspecified atom stereocenters. The third-order valence-electron chi connectivity index (χ3n) is 2.64. The Bertz CT molecular complexity index is 681. The second kappa shape index (κ2) is 7.26. The van der Waals surface area contributed by atoms with Gasteiger partial charge in [-0.3, -0.25) is 0 Å². The molecule has 114 valence electrons. The van der Waals surface area contributed by atoms with Crippen molar-refractivity contribution in [3.05, 3.63) is 40.3 Å². The van der Waals surface area contributed by atoms with Crippen LogP contribution in [0.3, 0.4) is 0 Å². The molecule has 0 bridgehead atoms. The molecule has 8 heteroatoms. The van der Waals surface area contributed by atoms with E-state index in [1.54, 1.807) is 18.3 Å². The van der Waals surface area contributed by atoms with Crippen LogP contribution < -0.4 is 10.5 Å². The number of anilines is 1. The van der Waals surface area contributed by atoms with E-state index in [4.69, 9.17) is 5.73 Å². The van der Waals surface area contributed by atoms with Crippen LogP contribution in [-0.2, 0) is 16.6 Å².